The molecule has 142 valence electrons. The molecule has 0 amide bonds. The molecule has 1 aliphatic rings. The molecule has 2 unspecified atom stereocenters. The van der Waals surface area contributed by atoms with Crippen LogP contribution in [0.5, 0.6) is 0 Å². The van der Waals surface area contributed by atoms with Crippen molar-refractivity contribution in [1.29, 1.82) is 0 Å². The highest BCUT2D eigenvalue weighted by molar-refractivity contribution is 7.99. The number of carbonyl (C=O) groups excluding carboxylic acids is 2. The average molecular weight is 416 g/mol. The summed E-state index contributed by atoms with van der Waals surface area (Å²) in [5, 5.41) is 1.26. The number of hydrogen-bond donors (Lipinski definition) is 1. The van der Waals surface area contributed by atoms with Gasteiger partial charge in [-0.1, -0.05) is 29.3 Å². The van der Waals surface area contributed by atoms with E-state index in [4.69, 9.17) is 28.0 Å². The van der Waals surface area contributed by atoms with Gasteiger partial charge in [0.05, 0.1) is 12.6 Å². The standard InChI is InChI=1S/C19H23Cl2NO3S/c1-2-25-22-17(12-23)8-14-4-3-13(7-19(14)24)5-6-26-18-10-15(20)9-16(21)11-18/h4,9-13,17,22H,2-3,5-8H2,1H3. The summed E-state index contributed by atoms with van der Waals surface area (Å²) in [7, 11) is 0. The highest BCUT2D eigenvalue weighted by Crippen LogP contribution is 2.31. The minimum absolute atomic E-state index is 0.127. The lowest BCUT2D eigenvalue weighted by Crippen LogP contribution is -2.32. The first-order valence-corrected chi connectivity index (χ1v) is 10.4. The first-order chi connectivity index (χ1) is 12.5. The van der Waals surface area contributed by atoms with Crippen molar-refractivity contribution >= 4 is 47.0 Å². The van der Waals surface area contributed by atoms with Crippen molar-refractivity contribution in [1.82, 2.24) is 5.48 Å². The number of hydrogen-bond acceptors (Lipinski definition) is 5. The largest absolute Gasteiger partial charge is 0.302 e. The van der Waals surface area contributed by atoms with Gasteiger partial charge < -0.3 is 9.63 Å². The zero-order valence-corrected chi connectivity index (χ0v) is 17.0. The molecule has 2 atom stereocenters. The smallest absolute Gasteiger partial charge is 0.158 e. The SMILES string of the molecule is CCONC(C=O)CC1=CCC(CCSc2cc(Cl)cc(Cl)c2)CC1=O. The molecule has 0 fully saturated rings. The van der Waals surface area contributed by atoms with Crippen LogP contribution in [-0.4, -0.2) is 30.5 Å². The highest BCUT2D eigenvalue weighted by Gasteiger charge is 2.23. The zero-order valence-electron chi connectivity index (χ0n) is 14.7. The molecule has 1 N–H and O–H groups in total. The molecule has 2 rings (SSSR count). The summed E-state index contributed by atoms with van der Waals surface area (Å²) in [4.78, 5) is 29.5. The van der Waals surface area contributed by atoms with Crippen LogP contribution in [0.1, 0.15) is 32.6 Å². The van der Waals surface area contributed by atoms with Crippen LogP contribution in [0.2, 0.25) is 10.0 Å². The lowest BCUT2D eigenvalue weighted by molar-refractivity contribution is -0.117. The van der Waals surface area contributed by atoms with Crippen LogP contribution in [0.3, 0.4) is 0 Å². The van der Waals surface area contributed by atoms with E-state index in [1.807, 2.05) is 25.1 Å². The maximum Gasteiger partial charge on any atom is 0.158 e. The quantitative estimate of drug-likeness (QED) is 0.335. The fourth-order valence-corrected chi connectivity index (χ4v) is 4.58. The summed E-state index contributed by atoms with van der Waals surface area (Å²) in [6.45, 7) is 2.30. The number of halogens is 2. The number of benzene rings is 1. The van der Waals surface area contributed by atoms with Gasteiger partial charge in [-0.05, 0) is 61.6 Å². The number of nitrogens with one attached hydrogen (secondary N) is 1. The van der Waals surface area contributed by atoms with E-state index in [0.29, 0.717) is 35.4 Å². The lowest BCUT2D eigenvalue weighted by Gasteiger charge is -2.22. The van der Waals surface area contributed by atoms with Crippen molar-refractivity contribution in [2.75, 3.05) is 12.4 Å². The third-order valence-electron chi connectivity index (χ3n) is 4.14. The number of allylic oxidation sites excluding steroid dienone is 1. The van der Waals surface area contributed by atoms with E-state index >= 15 is 0 Å². The van der Waals surface area contributed by atoms with Crippen molar-refractivity contribution in [2.45, 2.75) is 43.5 Å². The Balaban J connectivity index is 1.80. The van der Waals surface area contributed by atoms with Gasteiger partial charge in [-0.25, -0.2) is 0 Å². The van der Waals surface area contributed by atoms with Gasteiger partial charge in [0.15, 0.2) is 5.78 Å². The number of hydroxylamine groups is 1. The fraction of sp³-hybridized carbons (Fsp3) is 0.474. The Morgan fingerprint density at radius 3 is 2.69 bits per heavy atom. The number of ketones is 1. The number of carbonyl (C=O) groups is 2. The second kappa shape index (κ2) is 11.1. The average Bonchev–Trinajstić information content (AvgIpc) is 2.59. The topological polar surface area (TPSA) is 55.4 Å². The van der Waals surface area contributed by atoms with E-state index in [1.165, 1.54) is 0 Å². The Labute approximate surface area is 168 Å². The Morgan fingerprint density at radius 2 is 2.08 bits per heavy atom. The number of rotatable bonds is 10. The van der Waals surface area contributed by atoms with E-state index in [-0.39, 0.29) is 5.78 Å². The van der Waals surface area contributed by atoms with Gasteiger partial charge >= 0.3 is 0 Å². The molecule has 26 heavy (non-hydrogen) atoms. The van der Waals surface area contributed by atoms with Crippen LogP contribution >= 0.6 is 35.0 Å². The second-order valence-electron chi connectivity index (χ2n) is 6.20. The third-order valence-corrected chi connectivity index (χ3v) is 5.59. The van der Waals surface area contributed by atoms with Crippen molar-refractivity contribution in [3.63, 3.8) is 0 Å². The summed E-state index contributed by atoms with van der Waals surface area (Å²) in [5.41, 5.74) is 3.40. The van der Waals surface area contributed by atoms with Crippen LogP contribution in [-0.2, 0) is 14.4 Å². The third kappa shape index (κ3) is 7.05. The molecule has 1 aromatic rings. The van der Waals surface area contributed by atoms with Gasteiger partial charge in [-0.2, -0.15) is 5.48 Å². The van der Waals surface area contributed by atoms with Crippen molar-refractivity contribution in [3.8, 4) is 0 Å². The predicted molar refractivity (Wildman–Crippen MR) is 107 cm³/mol. The number of Topliss-reactive ketones (excluding diaryl/α,β-unsaturated/α-hetero) is 1. The molecule has 0 radical (unpaired) electrons. The van der Waals surface area contributed by atoms with E-state index in [9.17, 15) is 9.59 Å². The van der Waals surface area contributed by atoms with Crippen LogP contribution in [0.25, 0.3) is 0 Å². The van der Waals surface area contributed by atoms with E-state index in [2.05, 4.69) is 5.48 Å². The first-order valence-electron chi connectivity index (χ1n) is 8.65. The van der Waals surface area contributed by atoms with Gasteiger partial charge in [0.25, 0.3) is 0 Å². The normalized spacial score (nSPS) is 18.5. The molecule has 4 nitrogen and oxygen atoms in total. The molecule has 0 aliphatic heterocycles. The number of aldehydes is 1. The number of thioether (sulfide) groups is 1. The molecular weight excluding hydrogens is 393 g/mol. The molecule has 0 heterocycles. The molecule has 0 aromatic heterocycles. The molecular formula is C19H23Cl2NO3S. The second-order valence-corrected chi connectivity index (χ2v) is 8.24. The van der Waals surface area contributed by atoms with Crippen molar-refractivity contribution in [2.24, 2.45) is 5.92 Å². The van der Waals surface area contributed by atoms with Crippen LogP contribution < -0.4 is 5.48 Å². The van der Waals surface area contributed by atoms with Gasteiger partial charge in [-0.15, -0.1) is 11.8 Å². The molecule has 0 bridgehead atoms. The van der Waals surface area contributed by atoms with Crippen molar-refractivity contribution < 1.29 is 14.4 Å². The molecule has 1 aromatic carbocycles. The maximum atomic E-state index is 12.4. The van der Waals surface area contributed by atoms with E-state index in [1.54, 1.807) is 17.8 Å². The van der Waals surface area contributed by atoms with E-state index < -0.39 is 6.04 Å². The monoisotopic (exact) mass is 415 g/mol. The summed E-state index contributed by atoms with van der Waals surface area (Å²) >= 11 is 13.7. The predicted octanol–water partition coefficient (Wildman–Crippen LogP) is 4.88. The van der Waals surface area contributed by atoms with Crippen LogP contribution in [0.4, 0.5) is 0 Å². The van der Waals surface area contributed by atoms with Crippen LogP contribution in [0.15, 0.2) is 34.7 Å². The van der Waals surface area contributed by atoms with Gasteiger partial charge in [0.1, 0.15) is 6.29 Å². The van der Waals surface area contributed by atoms with Crippen molar-refractivity contribution in [3.05, 3.63) is 39.9 Å². The summed E-state index contributed by atoms with van der Waals surface area (Å²) < 4.78 is 0. The van der Waals surface area contributed by atoms with E-state index in [0.717, 1.165) is 35.3 Å². The molecule has 1 aliphatic carbocycles. The Bertz CT molecular complexity index is 646. The molecule has 0 saturated heterocycles. The maximum absolute atomic E-state index is 12.4. The summed E-state index contributed by atoms with van der Waals surface area (Å²) in [6.07, 6.45) is 5.47. The summed E-state index contributed by atoms with van der Waals surface area (Å²) in [6, 6.07) is 5.02. The Morgan fingerprint density at radius 1 is 1.35 bits per heavy atom. The molecule has 0 saturated carbocycles. The lowest BCUT2D eigenvalue weighted by atomic mass is 9.85. The Kier molecular flexibility index (Phi) is 9.16. The van der Waals surface area contributed by atoms with Gasteiger partial charge in [0.2, 0.25) is 0 Å². The highest BCUT2D eigenvalue weighted by atomic mass is 35.5. The van der Waals surface area contributed by atoms with Gasteiger partial charge in [-0.3, -0.25) is 4.79 Å². The minimum atomic E-state index is -0.482. The Hall–Kier alpha value is -0.850. The molecule has 0 spiro atoms. The minimum Gasteiger partial charge on any atom is -0.302 e. The van der Waals surface area contributed by atoms with Crippen LogP contribution in [0, 0.1) is 5.92 Å². The molecule has 7 heteroatoms. The first kappa shape index (κ1) is 21.5. The van der Waals surface area contributed by atoms with Gasteiger partial charge in [0, 0.05) is 21.4 Å². The zero-order chi connectivity index (χ0) is 18.9. The fourth-order valence-electron chi connectivity index (χ4n) is 2.82. The summed E-state index contributed by atoms with van der Waals surface area (Å²) in [5.74, 6) is 1.37.